The molecule has 8 nitrogen and oxygen atoms in total. The molecule has 1 aromatic carbocycles. The Labute approximate surface area is 224 Å². The lowest BCUT2D eigenvalue weighted by molar-refractivity contribution is -0.143. The van der Waals surface area contributed by atoms with Crippen molar-refractivity contribution < 1.29 is 14.3 Å². The maximum Gasteiger partial charge on any atom is 0.326 e. The maximum atomic E-state index is 13.3. The van der Waals surface area contributed by atoms with Gasteiger partial charge in [0.25, 0.3) is 11.5 Å². The van der Waals surface area contributed by atoms with Gasteiger partial charge in [-0.15, -0.1) is 0 Å². The number of rotatable bonds is 15. The number of nitrogens with two attached hydrogens (primary N) is 1. The van der Waals surface area contributed by atoms with Crippen molar-refractivity contribution in [3.05, 3.63) is 82.5 Å². The monoisotopic (exact) mass is 518 g/mol. The molecule has 1 amide bonds. The summed E-state index contributed by atoms with van der Waals surface area (Å²) in [6, 6.07) is 12.6. The van der Waals surface area contributed by atoms with E-state index in [0.717, 1.165) is 48.9 Å². The van der Waals surface area contributed by atoms with Gasteiger partial charge in [0.05, 0.1) is 12.3 Å². The number of pyridine rings is 2. The number of benzene rings is 1. The molecule has 0 unspecified atom stereocenters. The molecule has 2 heterocycles. The number of unbranched alkanes of at least 4 members (excludes halogenated alkanes) is 6. The minimum atomic E-state index is -0.512. The molecule has 0 aliphatic carbocycles. The fraction of sp³-hybridized carbons (Fsp3) is 0.400. The number of carbonyl (C=O) groups excluding carboxylic acids is 2. The van der Waals surface area contributed by atoms with E-state index in [9.17, 15) is 14.4 Å². The summed E-state index contributed by atoms with van der Waals surface area (Å²) in [5, 5.41) is 2.86. The number of esters is 1. The smallest absolute Gasteiger partial charge is 0.326 e. The molecule has 202 valence electrons. The molecule has 0 atom stereocenters. The fourth-order valence-corrected chi connectivity index (χ4v) is 4.30. The summed E-state index contributed by atoms with van der Waals surface area (Å²) in [4.78, 5) is 41.5. The number of ether oxygens (including phenoxy) is 1. The number of carbonyl (C=O) groups is 2. The van der Waals surface area contributed by atoms with Crippen molar-refractivity contribution in [3.8, 4) is 11.1 Å². The summed E-state index contributed by atoms with van der Waals surface area (Å²) < 4.78 is 6.16. The van der Waals surface area contributed by atoms with E-state index in [1.54, 1.807) is 19.3 Å². The number of amides is 1. The van der Waals surface area contributed by atoms with Crippen LogP contribution >= 0.6 is 0 Å². The standard InChI is InChI=1S/C30H38N4O4/c1-2-38-29(36)22-34-21-27(13-14-28(34)35)33-30(37)26-18-23(11-8-6-4-3-5-7-9-15-31)17-25(19-26)24-12-10-16-32-20-24/h10,12-14,16-21H,2-9,11,15,22,31H2,1H3,(H,33,37). The average molecular weight is 519 g/mol. The van der Waals surface area contributed by atoms with E-state index in [0.29, 0.717) is 11.3 Å². The first-order chi connectivity index (χ1) is 18.5. The van der Waals surface area contributed by atoms with E-state index >= 15 is 0 Å². The Morgan fingerprint density at radius 2 is 1.74 bits per heavy atom. The summed E-state index contributed by atoms with van der Waals surface area (Å²) in [6.45, 7) is 2.48. The Morgan fingerprint density at radius 3 is 2.45 bits per heavy atom. The molecule has 2 aromatic heterocycles. The zero-order chi connectivity index (χ0) is 27.2. The second-order valence-electron chi connectivity index (χ2n) is 9.32. The summed E-state index contributed by atoms with van der Waals surface area (Å²) >= 11 is 0. The first-order valence-corrected chi connectivity index (χ1v) is 13.4. The van der Waals surface area contributed by atoms with Crippen LogP contribution in [0.5, 0.6) is 0 Å². The van der Waals surface area contributed by atoms with Crippen molar-refractivity contribution in [3.63, 3.8) is 0 Å². The first kappa shape index (κ1) is 28.8. The highest BCUT2D eigenvalue weighted by Gasteiger charge is 2.13. The predicted molar refractivity (Wildman–Crippen MR) is 150 cm³/mol. The number of hydrogen-bond acceptors (Lipinski definition) is 6. The molecule has 0 spiro atoms. The van der Waals surface area contributed by atoms with Crippen molar-refractivity contribution in [2.75, 3.05) is 18.5 Å². The summed E-state index contributed by atoms with van der Waals surface area (Å²) in [5.41, 5.74) is 9.10. The molecule has 0 saturated heterocycles. The minimum absolute atomic E-state index is 0.218. The zero-order valence-corrected chi connectivity index (χ0v) is 22.2. The minimum Gasteiger partial charge on any atom is -0.465 e. The average Bonchev–Trinajstić information content (AvgIpc) is 2.92. The van der Waals surface area contributed by atoms with Crippen LogP contribution in [0.1, 0.15) is 67.8 Å². The van der Waals surface area contributed by atoms with Gasteiger partial charge in [-0.05, 0) is 68.1 Å². The van der Waals surface area contributed by atoms with Crippen molar-refractivity contribution >= 4 is 17.6 Å². The van der Waals surface area contributed by atoms with Crippen LogP contribution in [0.3, 0.4) is 0 Å². The molecule has 0 aliphatic heterocycles. The molecule has 3 aromatic rings. The molecule has 0 saturated carbocycles. The van der Waals surface area contributed by atoms with Crippen molar-refractivity contribution in [2.45, 2.75) is 64.8 Å². The van der Waals surface area contributed by atoms with Gasteiger partial charge in [-0.2, -0.15) is 0 Å². The Balaban J connectivity index is 1.72. The number of aromatic nitrogens is 2. The van der Waals surface area contributed by atoms with Gasteiger partial charge in [-0.1, -0.05) is 44.2 Å². The zero-order valence-electron chi connectivity index (χ0n) is 22.2. The number of aryl methyl sites for hydroxylation is 1. The van der Waals surface area contributed by atoms with Gasteiger partial charge in [-0.25, -0.2) is 0 Å². The maximum absolute atomic E-state index is 13.3. The molecule has 8 heteroatoms. The third-order valence-corrected chi connectivity index (χ3v) is 6.27. The lowest BCUT2D eigenvalue weighted by Gasteiger charge is -2.12. The highest BCUT2D eigenvalue weighted by molar-refractivity contribution is 6.05. The molecule has 0 fully saturated rings. The lowest BCUT2D eigenvalue weighted by Crippen LogP contribution is -2.25. The Bertz CT molecular complexity index is 1240. The van der Waals surface area contributed by atoms with Crippen LogP contribution in [-0.4, -0.2) is 34.6 Å². The Hall–Kier alpha value is -3.78. The summed E-state index contributed by atoms with van der Waals surface area (Å²) in [6.07, 6.45) is 14.0. The second-order valence-corrected chi connectivity index (χ2v) is 9.32. The van der Waals surface area contributed by atoms with Gasteiger partial charge in [-0.3, -0.25) is 19.4 Å². The molecule has 3 rings (SSSR count). The van der Waals surface area contributed by atoms with E-state index in [1.165, 1.54) is 48.6 Å². The fourth-order valence-electron chi connectivity index (χ4n) is 4.30. The Kier molecular flexibility index (Phi) is 11.7. The summed E-state index contributed by atoms with van der Waals surface area (Å²) in [7, 11) is 0. The molecular weight excluding hydrogens is 480 g/mol. The number of hydrogen-bond donors (Lipinski definition) is 2. The van der Waals surface area contributed by atoms with Crippen LogP contribution in [0.4, 0.5) is 5.69 Å². The van der Waals surface area contributed by atoms with E-state index in [2.05, 4.69) is 16.4 Å². The van der Waals surface area contributed by atoms with Gasteiger partial charge in [0.1, 0.15) is 6.54 Å². The van der Waals surface area contributed by atoms with Crippen molar-refractivity contribution in [1.82, 2.24) is 9.55 Å². The van der Waals surface area contributed by atoms with E-state index in [4.69, 9.17) is 10.5 Å². The lowest BCUT2D eigenvalue weighted by atomic mass is 9.97. The largest absolute Gasteiger partial charge is 0.465 e. The van der Waals surface area contributed by atoms with Crippen LogP contribution in [-0.2, 0) is 22.5 Å². The molecule has 0 radical (unpaired) electrons. The van der Waals surface area contributed by atoms with Crippen LogP contribution < -0.4 is 16.6 Å². The molecule has 3 N–H and O–H groups in total. The molecule has 38 heavy (non-hydrogen) atoms. The number of nitrogens with one attached hydrogen (secondary N) is 1. The SMILES string of the molecule is CCOC(=O)Cn1cc(NC(=O)c2cc(CCCCCCCCCN)cc(-c3cccnc3)c2)ccc1=O. The van der Waals surface area contributed by atoms with Crippen LogP contribution in [0.25, 0.3) is 11.1 Å². The quantitative estimate of drug-likeness (QED) is 0.217. The third-order valence-electron chi connectivity index (χ3n) is 6.27. The highest BCUT2D eigenvalue weighted by Crippen LogP contribution is 2.24. The van der Waals surface area contributed by atoms with E-state index in [1.807, 2.05) is 24.3 Å². The number of anilines is 1. The molecular formula is C30H38N4O4. The first-order valence-electron chi connectivity index (χ1n) is 13.4. The molecule has 0 bridgehead atoms. The van der Waals surface area contributed by atoms with Crippen LogP contribution in [0.2, 0.25) is 0 Å². The highest BCUT2D eigenvalue weighted by atomic mass is 16.5. The number of nitrogens with zero attached hydrogens (tertiary/aromatic N) is 2. The van der Waals surface area contributed by atoms with Gasteiger partial charge in [0, 0.05) is 35.8 Å². The third kappa shape index (κ3) is 9.27. The second kappa shape index (κ2) is 15.5. The topological polar surface area (TPSA) is 116 Å². The predicted octanol–water partition coefficient (Wildman–Crippen LogP) is 4.96. The summed E-state index contributed by atoms with van der Waals surface area (Å²) in [5.74, 6) is -0.805. The van der Waals surface area contributed by atoms with Crippen LogP contribution in [0.15, 0.2) is 65.8 Å². The normalized spacial score (nSPS) is 10.8. The molecule has 0 aliphatic rings. The van der Waals surface area contributed by atoms with Gasteiger partial charge in [0.2, 0.25) is 0 Å². The van der Waals surface area contributed by atoms with Gasteiger partial charge < -0.3 is 20.4 Å². The van der Waals surface area contributed by atoms with Crippen molar-refractivity contribution in [1.29, 1.82) is 0 Å². The van der Waals surface area contributed by atoms with Crippen molar-refractivity contribution in [2.24, 2.45) is 5.73 Å². The van der Waals surface area contributed by atoms with Gasteiger partial charge in [0.15, 0.2) is 0 Å². The Morgan fingerprint density at radius 1 is 0.974 bits per heavy atom. The van der Waals surface area contributed by atoms with E-state index in [-0.39, 0.29) is 24.6 Å². The van der Waals surface area contributed by atoms with Gasteiger partial charge >= 0.3 is 5.97 Å². The van der Waals surface area contributed by atoms with Crippen LogP contribution in [0, 0.1) is 0 Å². The van der Waals surface area contributed by atoms with E-state index < -0.39 is 5.97 Å².